The second-order valence-electron chi connectivity index (χ2n) is 4.53. The van der Waals surface area contributed by atoms with Crippen molar-refractivity contribution in [2.24, 2.45) is 0 Å². The molecule has 6 heteroatoms. The molecule has 0 spiro atoms. The maximum absolute atomic E-state index is 11.9. The Balaban J connectivity index is 1.95. The first-order chi connectivity index (χ1) is 8.69. The summed E-state index contributed by atoms with van der Waals surface area (Å²) >= 11 is 5.80. The summed E-state index contributed by atoms with van der Waals surface area (Å²) in [7, 11) is -0.699. The Labute approximate surface area is 115 Å². The van der Waals surface area contributed by atoms with Gasteiger partial charge in [0, 0.05) is 27.8 Å². The van der Waals surface area contributed by atoms with Gasteiger partial charge in [0.05, 0.1) is 12.4 Å². The Kier molecular flexibility index (Phi) is 4.95. The Morgan fingerprint density at radius 2 is 2.33 bits per heavy atom. The Morgan fingerprint density at radius 3 is 3.06 bits per heavy atom. The van der Waals surface area contributed by atoms with Crippen LogP contribution < -0.4 is 5.32 Å². The number of anilines is 1. The molecule has 1 aliphatic rings. The van der Waals surface area contributed by atoms with Gasteiger partial charge in [0.25, 0.3) is 0 Å². The van der Waals surface area contributed by atoms with Crippen molar-refractivity contribution in [2.45, 2.75) is 43.9 Å². The van der Waals surface area contributed by atoms with Gasteiger partial charge in [-0.3, -0.25) is 9.19 Å². The van der Waals surface area contributed by atoms with E-state index >= 15 is 0 Å². The number of hydrogen-bond donors (Lipinski definition) is 1. The zero-order valence-electron chi connectivity index (χ0n) is 10.4. The lowest BCUT2D eigenvalue weighted by molar-refractivity contribution is 0.464. The summed E-state index contributed by atoms with van der Waals surface area (Å²) in [6, 6.07) is 0.326. The average molecular weight is 288 g/mol. The summed E-state index contributed by atoms with van der Waals surface area (Å²) in [5.41, 5.74) is 0. The molecule has 1 saturated carbocycles. The van der Waals surface area contributed by atoms with Crippen LogP contribution in [0.25, 0.3) is 0 Å². The van der Waals surface area contributed by atoms with Crippen molar-refractivity contribution in [3.05, 3.63) is 17.5 Å². The molecule has 2 rings (SSSR count). The first-order valence-electron chi connectivity index (χ1n) is 6.30. The van der Waals surface area contributed by atoms with Crippen LogP contribution in [0.15, 0.2) is 12.4 Å². The van der Waals surface area contributed by atoms with E-state index in [1.54, 1.807) is 6.20 Å². The van der Waals surface area contributed by atoms with E-state index in [2.05, 4.69) is 15.3 Å². The zero-order valence-corrected chi connectivity index (χ0v) is 12.0. The predicted octanol–water partition coefficient (Wildman–Crippen LogP) is 2.62. The molecular weight excluding hydrogens is 270 g/mol. The van der Waals surface area contributed by atoms with Crippen LogP contribution in [0.2, 0.25) is 5.15 Å². The molecule has 1 aromatic rings. The van der Waals surface area contributed by atoms with Gasteiger partial charge < -0.3 is 5.32 Å². The molecule has 1 aliphatic carbocycles. The summed E-state index contributed by atoms with van der Waals surface area (Å²) in [6.07, 6.45) is 7.40. The van der Waals surface area contributed by atoms with Crippen LogP contribution >= 0.6 is 11.6 Å². The van der Waals surface area contributed by atoms with Crippen LogP contribution in [-0.4, -0.2) is 31.2 Å². The normalized spacial score (nSPS) is 25.7. The van der Waals surface area contributed by atoms with Crippen LogP contribution in [0.1, 0.15) is 32.6 Å². The van der Waals surface area contributed by atoms with Crippen LogP contribution in [0.3, 0.4) is 0 Å². The Morgan fingerprint density at radius 1 is 1.50 bits per heavy atom. The van der Waals surface area contributed by atoms with Crippen molar-refractivity contribution in [1.29, 1.82) is 0 Å². The highest BCUT2D eigenvalue weighted by Gasteiger charge is 2.25. The van der Waals surface area contributed by atoms with Crippen LogP contribution in [0, 0.1) is 0 Å². The molecule has 0 aliphatic heterocycles. The molecule has 0 amide bonds. The van der Waals surface area contributed by atoms with E-state index in [0.717, 1.165) is 31.4 Å². The summed E-state index contributed by atoms with van der Waals surface area (Å²) < 4.78 is 11.9. The molecule has 3 unspecified atom stereocenters. The van der Waals surface area contributed by atoms with Crippen LogP contribution in [0.4, 0.5) is 5.82 Å². The van der Waals surface area contributed by atoms with E-state index in [9.17, 15) is 4.21 Å². The van der Waals surface area contributed by atoms with Gasteiger partial charge in [-0.05, 0) is 19.3 Å². The fraction of sp³-hybridized carbons (Fsp3) is 0.667. The number of halogens is 1. The molecular formula is C12H18ClN3OS. The fourth-order valence-corrected chi connectivity index (χ4v) is 3.87. The quantitative estimate of drug-likeness (QED) is 0.925. The molecule has 0 saturated heterocycles. The number of aromatic nitrogens is 2. The lowest BCUT2D eigenvalue weighted by Gasteiger charge is -2.29. The summed E-state index contributed by atoms with van der Waals surface area (Å²) in [5, 5.41) is 4.04. The van der Waals surface area contributed by atoms with Gasteiger partial charge in [-0.15, -0.1) is 0 Å². The molecule has 0 aromatic carbocycles. The van der Waals surface area contributed by atoms with Gasteiger partial charge >= 0.3 is 0 Å². The molecule has 4 nitrogen and oxygen atoms in total. The molecule has 3 atom stereocenters. The third-order valence-electron chi connectivity index (χ3n) is 3.24. The molecule has 0 bridgehead atoms. The third kappa shape index (κ3) is 3.65. The number of rotatable bonds is 4. The van der Waals surface area contributed by atoms with Crippen molar-refractivity contribution in [1.82, 2.24) is 9.97 Å². The van der Waals surface area contributed by atoms with Crippen molar-refractivity contribution < 1.29 is 4.21 Å². The third-order valence-corrected chi connectivity index (χ3v) is 5.16. The first-order valence-corrected chi connectivity index (χ1v) is 8.06. The molecule has 1 aromatic heterocycles. The van der Waals surface area contributed by atoms with Gasteiger partial charge in [-0.2, -0.15) is 0 Å². The minimum Gasteiger partial charge on any atom is -0.366 e. The van der Waals surface area contributed by atoms with Gasteiger partial charge in [0.15, 0.2) is 0 Å². The minimum absolute atomic E-state index is 0.313. The van der Waals surface area contributed by atoms with Crippen molar-refractivity contribution in [3.8, 4) is 0 Å². The molecule has 1 heterocycles. The van der Waals surface area contributed by atoms with Gasteiger partial charge in [-0.25, -0.2) is 4.98 Å². The van der Waals surface area contributed by atoms with E-state index in [1.807, 2.05) is 6.92 Å². The second kappa shape index (κ2) is 6.48. The number of nitrogens with zero attached hydrogens (tertiary/aromatic N) is 2. The van der Waals surface area contributed by atoms with Gasteiger partial charge in [-0.1, -0.05) is 24.9 Å². The largest absolute Gasteiger partial charge is 0.366 e. The molecule has 1 N–H and O–H groups in total. The van der Waals surface area contributed by atoms with E-state index in [0.29, 0.717) is 22.3 Å². The van der Waals surface area contributed by atoms with E-state index in [4.69, 9.17) is 11.6 Å². The first kappa shape index (κ1) is 13.7. The molecule has 0 radical (unpaired) electrons. The lowest BCUT2D eigenvalue weighted by Crippen LogP contribution is -2.33. The maximum atomic E-state index is 11.9. The minimum atomic E-state index is -0.699. The summed E-state index contributed by atoms with van der Waals surface area (Å²) in [6.45, 7) is 1.98. The fourth-order valence-electron chi connectivity index (χ4n) is 2.37. The van der Waals surface area contributed by atoms with Crippen molar-refractivity contribution in [3.63, 3.8) is 0 Å². The maximum Gasteiger partial charge on any atom is 0.149 e. The highest BCUT2D eigenvalue weighted by Crippen LogP contribution is 2.25. The lowest BCUT2D eigenvalue weighted by atomic mass is 9.95. The highest BCUT2D eigenvalue weighted by atomic mass is 35.5. The molecule has 100 valence electrons. The SMILES string of the molecule is CCS(=O)C1CCCC(Nc2cncc(Cl)n2)C1. The Bertz CT molecular complexity index is 430. The number of nitrogens with one attached hydrogen (secondary N) is 1. The smallest absolute Gasteiger partial charge is 0.149 e. The van der Waals surface area contributed by atoms with Gasteiger partial charge in [0.1, 0.15) is 11.0 Å². The zero-order chi connectivity index (χ0) is 13.0. The average Bonchev–Trinajstić information content (AvgIpc) is 2.38. The second-order valence-corrected chi connectivity index (χ2v) is 6.92. The standard InChI is InChI=1S/C12H18ClN3OS/c1-2-18(17)10-5-3-4-9(6-10)15-12-8-14-7-11(13)16-12/h7-10H,2-6H2,1H3,(H,15,16). The summed E-state index contributed by atoms with van der Waals surface area (Å²) in [4.78, 5) is 8.18. The number of hydrogen-bond acceptors (Lipinski definition) is 4. The molecule has 18 heavy (non-hydrogen) atoms. The topological polar surface area (TPSA) is 54.9 Å². The van der Waals surface area contributed by atoms with Crippen molar-refractivity contribution in [2.75, 3.05) is 11.1 Å². The highest BCUT2D eigenvalue weighted by molar-refractivity contribution is 7.85. The predicted molar refractivity (Wildman–Crippen MR) is 75.4 cm³/mol. The van der Waals surface area contributed by atoms with Crippen LogP contribution in [0.5, 0.6) is 0 Å². The van der Waals surface area contributed by atoms with E-state index in [1.165, 1.54) is 6.20 Å². The summed E-state index contributed by atoms with van der Waals surface area (Å²) in [5.74, 6) is 1.45. The van der Waals surface area contributed by atoms with Crippen LogP contribution in [-0.2, 0) is 10.8 Å². The van der Waals surface area contributed by atoms with Crippen molar-refractivity contribution >= 4 is 28.2 Å². The van der Waals surface area contributed by atoms with Gasteiger partial charge in [0.2, 0.25) is 0 Å². The van der Waals surface area contributed by atoms with E-state index in [-0.39, 0.29) is 0 Å². The molecule has 1 fully saturated rings. The van der Waals surface area contributed by atoms with E-state index < -0.39 is 10.8 Å². The monoisotopic (exact) mass is 287 g/mol. The Hall–Kier alpha value is -0.680.